The maximum atomic E-state index is 13.1. The Labute approximate surface area is 187 Å². The van der Waals surface area contributed by atoms with Crippen LogP contribution in [0.25, 0.3) is 5.78 Å². The number of piperazine rings is 1. The molecule has 3 heterocycles. The lowest BCUT2D eigenvalue weighted by Gasteiger charge is -2.34. The molecule has 1 amide bonds. The molecule has 1 aliphatic heterocycles. The first kappa shape index (κ1) is 21.0. The molecule has 1 aromatic carbocycles. The molecular weight excluding hydrogens is 428 g/mol. The van der Waals surface area contributed by atoms with Gasteiger partial charge in [0.15, 0.2) is 0 Å². The second-order valence-corrected chi connectivity index (χ2v) is 10.4. The minimum Gasteiger partial charge on any atom is -0.340 e. The summed E-state index contributed by atoms with van der Waals surface area (Å²) < 4.78 is 29.4. The topological polar surface area (TPSA) is 101 Å². The van der Waals surface area contributed by atoms with Gasteiger partial charge in [-0.05, 0) is 56.4 Å². The van der Waals surface area contributed by atoms with Gasteiger partial charge in [0.25, 0.3) is 5.78 Å². The number of carbonyl (C=O) groups excluding carboxylic acids is 1. The van der Waals surface area contributed by atoms with Crippen molar-refractivity contribution in [3.05, 3.63) is 52.6 Å². The molecule has 0 saturated carbocycles. The summed E-state index contributed by atoms with van der Waals surface area (Å²) in [4.78, 5) is 23.6. The molecule has 10 heteroatoms. The van der Waals surface area contributed by atoms with Crippen LogP contribution in [-0.4, -0.2) is 69.3 Å². The maximum Gasteiger partial charge on any atom is 0.252 e. The van der Waals surface area contributed by atoms with Crippen LogP contribution in [0.3, 0.4) is 0 Å². The van der Waals surface area contributed by atoms with Crippen LogP contribution in [0.5, 0.6) is 0 Å². The van der Waals surface area contributed by atoms with Crippen molar-refractivity contribution in [2.24, 2.45) is 0 Å². The highest BCUT2D eigenvalue weighted by atomic mass is 32.2. The molecule has 32 heavy (non-hydrogen) atoms. The summed E-state index contributed by atoms with van der Waals surface area (Å²) in [6.45, 7) is 5.11. The van der Waals surface area contributed by atoms with Crippen LogP contribution < -0.4 is 0 Å². The molecule has 9 nitrogen and oxygen atoms in total. The Morgan fingerprint density at radius 2 is 1.81 bits per heavy atom. The van der Waals surface area contributed by atoms with Gasteiger partial charge in [-0.1, -0.05) is 6.07 Å². The Bertz CT molecular complexity index is 1310. The van der Waals surface area contributed by atoms with Gasteiger partial charge < -0.3 is 4.90 Å². The minimum atomic E-state index is -3.56. The van der Waals surface area contributed by atoms with Crippen LogP contribution in [0, 0.1) is 13.8 Å². The molecule has 1 aliphatic carbocycles. The van der Waals surface area contributed by atoms with Crippen molar-refractivity contribution in [1.82, 2.24) is 28.8 Å². The van der Waals surface area contributed by atoms with Gasteiger partial charge in [0.1, 0.15) is 6.33 Å². The molecule has 0 unspecified atom stereocenters. The molecule has 0 radical (unpaired) electrons. The van der Waals surface area contributed by atoms with Crippen LogP contribution in [0.4, 0.5) is 0 Å². The second kappa shape index (κ2) is 7.93. The zero-order valence-electron chi connectivity index (χ0n) is 18.3. The van der Waals surface area contributed by atoms with E-state index in [-0.39, 0.29) is 12.3 Å². The summed E-state index contributed by atoms with van der Waals surface area (Å²) in [7, 11) is -3.56. The van der Waals surface area contributed by atoms with Crippen molar-refractivity contribution in [2.45, 2.75) is 44.4 Å². The third-order valence-corrected chi connectivity index (χ3v) is 8.51. The number of aromatic nitrogens is 4. The normalized spacial score (nSPS) is 17.1. The molecule has 3 aromatic rings. The number of amides is 1. The number of fused-ring (bicyclic) bond motifs is 2. The van der Waals surface area contributed by atoms with Crippen LogP contribution in [-0.2, 0) is 34.1 Å². The number of carbonyl (C=O) groups is 1. The van der Waals surface area contributed by atoms with Gasteiger partial charge in [-0.3, -0.25) is 4.79 Å². The maximum absolute atomic E-state index is 13.1. The first-order valence-corrected chi connectivity index (χ1v) is 12.3. The van der Waals surface area contributed by atoms with E-state index in [1.807, 2.05) is 26.0 Å². The monoisotopic (exact) mass is 454 g/mol. The van der Waals surface area contributed by atoms with Gasteiger partial charge in [0.05, 0.1) is 11.3 Å². The zero-order chi connectivity index (χ0) is 22.5. The fraction of sp³-hybridized carbons (Fsp3) is 0.455. The smallest absolute Gasteiger partial charge is 0.252 e. The van der Waals surface area contributed by atoms with E-state index < -0.39 is 10.0 Å². The van der Waals surface area contributed by atoms with Gasteiger partial charge in [0.2, 0.25) is 15.9 Å². The lowest BCUT2D eigenvalue weighted by atomic mass is 10.1. The Balaban J connectivity index is 1.27. The molecule has 1 saturated heterocycles. The molecule has 0 atom stereocenters. The fourth-order valence-corrected chi connectivity index (χ4v) is 6.18. The van der Waals surface area contributed by atoms with E-state index in [0.717, 1.165) is 41.8 Å². The highest BCUT2D eigenvalue weighted by Crippen LogP contribution is 2.27. The predicted molar refractivity (Wildman–Crippen MR) is 118 cm³/mol. The summed E-state index contributed by atoms with van der Waals surface area (Å²) in [5.74, 6) is 0.480. The predicted octanol–water partition coefficient (Wildman–Crippen LogP) is 1.31. The van der Waals surface area contributed by atoms with E-state index >= 15 is 0 Å². The average Bonchev–Trinajstić information content (AvgIpc) is 3.45. The van der Waals surface area contributed by atoms with Crippen molar-refractivity contribution in [3.63, 3.8) is 0 Å². The SMILES string of the molecule is Cc1nc2ncnn2c(C)c1CC(=O)N1CCN(S(=O)(=O)c2ccc3c(c2)CCC3)CC1. The van der Waals surface area contributed by atoms with Gasteiger partial charge >= 0.3 is 0 Å². The molecule has 0 N–H and O–H groups in total. The summed E-state index contributed by atoms with van der Waals surface area (Å²) in [6.07, 6.45) is 4.70. The van der Waals surface area contributed by atoms with Crippen LogP contribution in [0.2, 0.25) is 0 Å². The highest BCUT2D eigenvalue weighted by molar-refractivity contribution is 7.89. The first-order valence-electron chi connectivity index (χ1n) is 10.9. The van der Waals surface area contributed by atoms with E-state index in [0.29, 0.717) is 36.9 Å². The largest absolute Gasteiger partial charge is 0.340 e. The number of hydrogen-bond acceptors (Lipinski definition) is 6. The highest BCUT2D eigenvalue weighted by Gasteiger charge is 2.31. The van der Waals surface area contributed by atoms with Crippen LogP contribution >= 0.6 is 0 Å². The number of hydrogen-bond donors (Lipinski definition) is 0. The molecule has 2 aromatic heterocycles. The van der Waals surface area contributed by atoms with Gasteiger partial charge in [0, 0.05) is 43.1 Å². The third-order valence-electron chi connectivity index (χ3n) is 6.62. The minimum absolute atomic E-state index is 0.0351. The summed E-state index contributed by atoms with van der Waals surface area (Å²) in [5, 5.41) is 4.17. The molecule has 5 rings (SSSR count). The molecule has 0 spiro atoms. The second-order valence-electron chi connectivity index (χ2n) is 8.48. The number of sulfonamides is 1. The van der Waals surface area contributed by atoms with Gasteiger partial charge in [-0.2, -0.15) is 14.4 Å². The van der Waals surface area contributed by atoms with E-state index in [1.54, 1.807) is 15.5 Å². The van der Waals surface area contributed by atoms with E-state index in [9.17, 15) is 13.2 Å². The Kier molecular flexibility index (Phi) is 5.21. The molecule has 2 aliphatic rings. The number of benzene rings is 1. The van der Waals surface area contributed by atoms with Gasteiger partial charge in [-0.25, -0.2) is 17.9 Å². The van der Waals surface area contributed by atoms with Crippen molar-refractivity contribution < 1.29 is 13.2 Å². The molecule has 168 valence electrons. The number of nitrogens with zero attached hydrogens (tertiary/aromatic N) is 6. The van der Waals surface area contributed by atoms with Crippen molar-refractivity contribution in [2.75, 3.05) is 26.2 Å². The number of rotatable bonds is 4. The van der Waals surface area contributed by atoms with Crippen LogP contribution in [0.1, 0.15) is 34.5 Å². The third kappa shape index (κ3) is 3.57. The molecule has 1 fully saturated rings. The Morgan fingerprint density at radius 3 is 2.59 bits per heavy atom. The summed E-state index contributed by atoms with van der Waals surface area (Å²) in [6, 6.07) is 5.49. The van der Waals surface area contributed by atoms with E-state index in [1.165, 1.54) is 16.2 Å². The van der Waals surface area contributed by atoms with E-state index in [2.05, 4.69) is 15.1 Å². The molecule has 0 bridgehead atoms. The standard InChI is InChI=1S/C22H26N6O3S/c1-15-20(16(2)28-22(25-15)23-14-24-28)13-21(29)26-8-10-27(11-9-26)32(30,31)19-7-6-17-4-3-5-18(17)12-19/h6-7,12,14H,3-5,8-11,13H2,1-2H3. The van der Waals surface area contributed by atoms with E-state index in [4.69, 9.17) is 0 Å². The van der Waals surface area contributed by atoms with Crippen molar-refractivity contribution in [1.29, 1.82) is 0 Å². The first-order chi connectivity index (χ1) is 15.3. The lowest BCUT2D eigenvalue weighted by Crippen LogP contribution is -2.50. The van der Waals surface area contributed by atoms with Crippen molar-refractivity contribution >= 4 is 21.7 Å². The quantitative estimate of drug-likeness (QED) is 0.589. The zero-order valence-corrected chi connectivity index (χ0v) is 19.1. The molecular formula is C22H26N6O3S. The summed E-state index contributed by atoms with van der Waals surface area (Å²) >= 11 is 0. The summed E-state index contributed by atoms with van der Waals surface area (Å²) in [5.41, 5.74) is 4.83. The van der Waals surface area contributed by atoms with Crippen molar-refractivity contribution in [3.8, 4) is 0 Å². The average molecular weight is 455 g/mol. The Hall–Kier alpha value is -2.85. The number of aryl methyl sites for hydroxylation is 4. The fourth-order valence-electron chi connectivity index (χ4n) is 4.71. The lowest BCUT2D eigenvalue weighted by molar-refractivity contribution is -0.131. The van der Waals surface area contributed by atoms with Gasteiger partial charge in [-0.15, -0.1) is 0 Å². The Morgan fingerprint density at radius 1 is 1.06 bits per heavy atom. The van der Waals surface area contributed by atoms with Crippen LogP contribution in [0.15, 0.2) is 29.4 Å².